The molecule has 0 saturated carbocycles. The maximum Gasteiger partial charge on any atom is 0.249 e. The van der Waals surface area contributed by atoms with E-state index in [0.29, 0.717) is 5.57 Å². The topological polar surface area (TPSA) is 56.0 Å². The fourth-order valence-corrected chi connectivity index (χ4v) is 2.23. The van der Waals surface area contributed by atoms with Crippen molar-refractivity contribution in [3.8, 4) is 0 Å². The third-order valence-electron chi connectivity index (χ3n) is 3.28. The number of rotatable bonds is 3. The molecule has 1 amide bonds. The number of benzene rings is 2. The maximum absolute atomic E-state index is 11.8. The molecule has 0 aliphatic heterocycles. The lowest BCUT2D eigenvalue weighted by Crippen LogP contribution is -2.13. The smallest absolute Gasteiger partial charge is 0.249 e. The van der Waals surface area contributed by atoms with Gasteiger partial charge in [0.1, 0.15) is 0 Å². The number of nitrogens with two attached hydrogens (primary N) is 1. The Morgan fingerprint density at radius 3 is 2.48 bits per heavy atom. The summed E-state index contributed by atoms with van der Waals surface area (Å²) < 4.78 is 0. The van der Waals surface area contributed by atoms with Crippen molar-refractivity contribution in [2.75, 3.05) is 0 Å². The van der Waals surface area contributed by atoms with E-state index < -0.39 is 5.91 Å². The van der Waals surface area contributed by atoms with Crippen LogP contribution >= 0.6 is 0 Å². The Morgan fingerprint density at radius 1 is 1.00 bits per heavy atom. The number of pyridine rings is 1. The Kier molecular flexibility index (Phi) is 3.48. The monoisotopic (exact) mass is 274 g/mol. The van der Waals surface area contributed by atoms with Crippen molar-refractivity contribution in [1.82, 2.24) is 4.98 Å². The zero-order valence-electron chi connectivity index (χ0n) is 11.4. The van der Waals surface area contributed by atoms with E-state index in [1.807, 2.05) is 60.7 Å². The molecule has 3 rings (SSSR count). The first-order valence-electron chi connectivity index (χ1n) is 6.66. The number of nitrogens with zero attached hydrogens (tertiary/aromatic N) is 1. The van der Waals surface area contributed by atoms with Crippen molar-refractivity contribution in [2.24, 2.45) is 5.73 Å². The van der Waals surface area contributed by atoms with Crippen molar-refractivity contribution in [1.29, 1.82) is 0 Å². The van der Waals surface area contributed by atoms with Gasteiger partial charge in [0, 0.05) is 22.7 Å². The van der Waals surface area contributed by atoms with Gasteiger partial charge in [0.2, 0.25) is 5.91 Å². The van der Waals surface area contributed by atoms with Crippen LogP contribution in [0.2, 0.25) is 0 Å². The van der Waals surface area contributed by atoms with Gasteiger partial charge in [-0.05, 0) is 23.8 Å². The molecule has 0 saturated heterocycles. The molecule has 0 bridgehead atoms. The molecule has 3 nitrogen and oxygen atoms in total. The lowest BCUT2D eigenvalue weighted by molar-refractivity contribution is -0.112. The SMILES string of the molecule is NC(=O)/C(=C\c1ccccc1)c1cnc2ccccc2c1. The average Bonchev–Trinajstić information content (AvgIpc) is 2.53. The van der Waals surface area contributed by atoms with Crippen LogP contribution in [0, 0.1) is 0 Å². The Bertz CT molecular complexity index is 823. The van der Waals surface area contributed by atoms with E-state index in [2.05, 4.69) is 4.98 Å². The van der Waals surface area contributed by atoms with E-state index in [1.165, 1.54) is 0 Å². The van der Waals surface area contributed by atoms with Gasteiger partial charge in [-0.3, -0.25) is 9.78 Å². The van der Waals surface area contributed by atoms with Crippen LogP contribution in [0.5, 0.6) is 0 Å². The zero-order chi connectivity index (χ0) is 14.7. The van der Waals surface area contributed by atoms with Crippen molar-refractivity contribution < 1.29 is 4.79 Å². The summed E-state index contributed by atoms with van der Waals surface area (Å²) in [5, 5.41) is 0.982. The summed E-state index contributed by atoms with van der Waals surface area (Å²) in [5.74, 6) is -0.462. The molecule has 0 spiro atoms. The van der Waals surface area contributed by atoms with Crippen molar-refractivity contribution in [3.05, 3.63) is 78.0 Å². The largest absolute Gasteiger partial charge is 0.366 e. The molecule has 0 radical (unpaired) electrons. The molecule has 0 fully saturated rings. The fourth-order valence-electron chi connectivity index (χ4n) is 2.23. The quantitative estimate of drug-likeness (QED) is 0.745. The van der Waals surface area contributed by atoms with Crippen LogP contribution in [0.3, 0.4) is 0 Å². The number of para-hydroxylation sites is 1. The van der Waals surface area contributed by atoms with E-state index in [-0.39, 0.29) is 0 Å². The van der Waals surface area contributed by atoms with Crippen LogP contribution in [0.15, 0.2) is 66.9 Å². The van der Waals surface area contributed by atoms with Crippen molar-refractivity contribution in [2.45, 2.75) is 0 Å². The van der Waals surface area contributed by atoms with E-state index in [4.69, 9.17) is 5.73 Å². The van der Waals surface area contributed by atoms with Gasteiger partial charge in [0.15, 0.2) is 0 Å². The number of carbonyl (C=O) groups excluding carboxylic acids is 1. The second-order valence-electron chi connectivity index (χ2n) is 4.75. The Balaban J connectivity index is 2.11. The Hall–Kier alpha value is -2.94. The van der Waals surface area contributed by atoms with Gasteiger partial charge < -0.3 is 5.73 Å². The molecule has 102 valence electrons. The van der Waals surface area contributed by atoms with Crippen LogP contribution < -0.4 is 5.73 Å². The predicted molar refractivity (Wildman–Crippen MR) is 85.3 cm³/mol. The molecular formula is C18H14N2O. The minimum Gasteiger partial charge on any atom is -0.366 e. The minimum atomic E-state index is -0.462. The van der Waals surface area contributed by atoms with Crippen LogP contribution in [-0.4, -0.2) is 10.9 Å². The molecule has 1 heterocycles. The summed E-state index contributed by atoms with van der Waals surface area (Å²) >= 11 is 0. The first kappa shape index (κ1) is 13.1. The lowest BCUT2D eigenvalue weighted by Gasteiger charge is -2.05. The highest BCUT2D eigenvalue weighted by atomic mass is 16.1. The van der Waals surface area contributed by atoms with Gasteiger partial charge in [0.25, 0.3) is 0 Å². The molecule has 0 atom stereocenters. The Morgan fingerprint density at radius 2 is 1.71 bits per heavy atom. The van der Waals surface area contributed by atoms with Crippen molar-refractivity contribution >= 4 is 28.5 Å². The summed E-state index contributed by atoms with van der Waals surface area (Å²) in [6.07, 6.45) is 3.47. The highest BCUT2D eigenvalue weighted by molar-refractivity contribution is 6.23. The molecule has 2 aromatic carbocycles. The number of amides is 1. The summed E-state index contributed by atoms with van der Waals surface area (Å²) in [6.45, 7) is 0. The molecule has 3 aromatic rings. The molecule has 0 aliphatic rings. The number of hydrogen-bond donors (Lipinski definition) is 1. The fraction of sp³-hybridized carbons (Fsp3) is 0. The van der Waals surface area contributed by atoms with Crippen LogP contribution in [0.25, 0.3) is 22.6 Å². The molecule has 1 aromatic heterocycles. The lowest BCUT2D eigenvalue weighted by atomic mass is 10.0. The number of carbonyl (C=O) groups is 1. The van der Waals surface area contributed by atoms with E-state index in [1.54, 1.807) is 12.3 Å². The molecule has 0 aliphatic carbocycles. The second-order valence-corrected chi connectivity index (χ2v) is 4.75. The Labute approximate surface area is 122 Å². The van der Waals surface area contributed by atoms with Crippen LogP contribution in [-0.2, 0) is 4.79 Å². The first-order chi connectivity index (χ1) is 10.2. The van der Waals surface area contributed by atoms with Gasteiger partial charge in [-0.15, -0.1) is 0 Å². The average molecular weight is 274 g/mol. The maximum atomic E-state index is 11.8. The zero-order valence-corrected chi connectivity index (χ0v) is 11.4. The standard InChI is InChI=1S/C18H14N2O/c19-18(21)16(10-13-6-2-1-3-7-13)15-11-14-8-4-5-9-17(14)20-12-15/h1-12H,(H2,19,21)/b16-10-. The summed E-state index contributed by atoms with van der Waals surface area (Å²) in [6, 6.07) is 19.3. The van der Waals surface area contributed by atoms with Gasteiger partial charge in [-0.1, -0.05) is 48.5 Å². The van der Waals surface area contributed by atoms with Gasteiger partial charge in [0.05, 0.1) is 5.52 Å². The normalized spacial score (nSPS) is 11.5. The molecule has 2 N–H and O–H groups in total. The van der Waals surface area contributed by atoms with Crippen LogP contribution in [0.1, 0.15) is 11.1 Å². The molecule has 3 heteroatoms. The van der Waals surface area contributed by atoms with E-state index in [9.17, 15) is 4.79 Å². The summed E-state index contributed by atoms with van der Waals surface area (Å²) in [5.41, 5.74) is 8.53. The number of aromatic nitrogens is 1. The predicted octanol–water partition coefficient (Wildman–Crippen LogP) is 3.26. The number of primary amides is 1. The molecular weight excluding hydrogens is 260 g/mol. The van der Waals surface area contributed by atoms with Crippen molar-refractivity contribution in [3.63, 3.8) is 0 Å². The number of hydrogen-bond acceptors (Lipinski definition) is 2. The summed E-state index contributed by atoms with van der Waals surface area (Å²) in [7, 11) is 0. The highest BCUT2D eigenvalue weighted by Crippen LogP contribution is 2.21. The van der Waals surface area contributed by atoms with Gasteiger partial charge >= 0.3 is 0 Å². The van der Waals surface area contributed by atoms with E-state index >= 15 is 0 Å². The third kappa shape index (κ3) is 2.82. The highest BCUT2D eigenvalue weighted by Gasteiger charge is 2.09. The first-order valence-corrected chi connectivity index (χ1v) is 6.66. The third-order valence-corrected chi connectivity index (χ3v) is 3.28. The minimum absolute atomic E-state index is 0.458. The molecule has 21 heavy (non-hydrogen) atoms. The second kappa shape index (κ2) is 5.59. The van der Waals surface area contributed by atoms with Gasteiger partial charge in [-0.2, -0.15) is 0 Å². The summed E-state index contributed by atoms with van der Waals surface area (Å²) in [4.78, 5) is 16.1. The molecule has 0 unspecified atom stereocenters. The van der Waals surface area contributed by atoms with Crippen LogP contribution in [0.4, 0.5) is 0 Å². The van der Waals surface area contributed by atoms with Gasteiger partial charge in [-0.25, -0.2) is 0 Å². The number of fused-ring (bicyclic) bond motifs is 1. The van der Waals surface area contributed by atoms with E-state index in [0.717, 1.165) is 22.0 Å².